The van der Waals surface area contributed by atoms with Gasteiger partial charge in [-0.3, -0.25) is 4.90 Å². The Hall–Kier alpha value is -3.70. The van der Waals surface area contributed by atoms with Crippen molar-refractivity contribution in [3.05, 3.63) is 101 Å². The molecule has 0 aliphatic heterocycles. The molecule has 0 spiro atoms. The van der Waals surface area contributed by atoms with Crippen molar-refractivity contribution in [2.24, 2.45) is 5.41 Å². The maximum Gasteiger partial charge on any atom is 0.335 e. The van der Waals surface area contributed by atoms with Gasteiger partial charge >= 0.3 is 5.97 Å². The first-order valence-electron chi connectivity index (χ1n) is 14.8. The maximum absolute atomic E-state index is 11.4. The molecule has 1 N–H and O–H groups in total. The normalized spacial score (nSPS) is 11.8. The van der Waals surface area contributed by atoms with E-state index in [4.69, 9.17) is 4.98 Å². The minimum Gasteiger partial charge on any atom is -0.478 e. The third kappa shape index (κ3) is 7.95. The number of benzene rings is 3. The Kier molecular flexibility index (Phi) is 9.82. The quantitative estimate of drug-likeness (QED) is 0.191. The van der Waals surface area contributed by atoms with Crippen LogP contribution in [0.4, 0.5) is 0 Å². The molecule has 0 aliphatic rings. The molecule has 0 unspecified atom stereocenters. The van der Waals surface area contributed by atoms with E-state index in [2.05, 4.69) is 99.5 Å². The number of carboxylic acids is 1. The Labute approximate surface area is 245 Å². The number of nitrogens with zero attached hydrogens (tertiary/aromatic N) is 3. The molecule has 0 saturated heterocycles. The van der Waals surface area contributed by atoms with Crippen molar-refractivity contribution < 1.29 is 9.90 Å². The molecule has 1 aromatic heterocycles. The molecular weight excluding hydrogens is 506 g/mol. The van der Waals surface area contributed by atoms with Gasteiger partial charge in [0.1, 0.15) is 5.82 Å². The van der Waals surface area contributed by atoms with Crippen LogP contribution in [0.2, 0.25) is 0 Å². The predicted molar refractivity (Wildman–Crippen MR) is 169 cm³/mol. The summed E-state index contributed by atoms with van der Waals surface area (Å²) in [6.45, 7) is 16.7. The van der Waals surface area contributed by atoms with Crippen molar-refractivity contribution in [1.29, 1.82) is 0 Å². The van der Waals surface area contributed by atoms with Gasteiger partial charge in [0.2, 0.25) is 0 Å². The summed E-state index contributed by atoms with van der Waals surface area (Å²) in [5.74, 6) is 0.135. The van der Waals surface area contributed by atoms with Crippen LogP contribution in [0.1, 0.15) is 79.7 Å². The average Bonchev–Trinajstić information content (AvgIpc) is 3.28. The zero-order valence-corrected chi connectivity index (χ0v) is 25.6. The lowest BCUT2D eigenvalue weighted by atomic mass is 9.92. The molecule has 1 heterocycles. The molecule has 4 rings (SSSR count). The first-order valence-corrected chi connectivity index (χ1v) is 14.8. The molecule has 41 heavy (non-hydrogen) atoms. The first-order chi connectivity index (χ1) is 19.6. The van der Waals surface area contributed by atoms with Gasteiger partial charge in [0.25, 0.3) is 0 Å². The number of rotatable bonds is 12. The molecule has 0 saturated carbocycles. The second-order valence-electron chi connectivity index (χ2n) is 12.4. The highest BCUT2D eigenvalue weighted by Gasteiger charge is 2.23. The van der Waals surface area contributed by atoms with Crippen molar-refractivity contribution in [2.75, 3.05) is 6.54 Å². The topological polar surface area (TPSA) is 58.4 Å². The number of carbonyl (C=O) groups is 1. The number of hydrogen-bond donors (Lipinski definition) is 1. The van der Waals surface area contributed by atoms with Crippen LogP contribution in [0.3, 0.4) is 0 Å². The number of aryl methyl sites for hydroxylation is 2. The molecule has 0 aliphatic carbocycles. The van der Waals surface area contributed by atoms with Crippen molar-refractivity contribution in [3.8, 4) is 22.6 Å². The Morgan fingerprint density at radius 2 is 1.61 bits per heavy atom. The van der Waals surface area contributed by atoms with E-state index in [1.807, 2.05) is 12.1 Å². The predicted octanol–water partition coefficient (Wildman–Crippen LogP) is 8.77. The fraction of sp³-hybridized carbons (Fsp3) is 0.389. The number of carboxylic acid groups (broad SMARTS) is 1. The molecule has 0 radical (unpaired) electrons. The van der Waals surface area contributed by atoms with Crippen LogP contribution in [-0.4, -0.2) is 32.1 Å². The average molecular weight is 552 g/mol. The molecule has 0 bridgehead atoms. The van der Waals surface area contributed by atoms with Crippen molar-refractivity contribution in [2.45, 2.75) is 80.4 Å². The van der Waals surface area contributed by atoms with Crippen LogP contribution in [0.25, 0.3) is 22.6 Å². The van der Waals surface area contributed by atoms with Crippen LogP contribution in [0, 0.1) is 19.3 Å². The maximum atomic E-state index is 11.4. The molecule has 0 atom stereocenters. The highest BCUT2D eigenvalue weighted by atomic mass is 16.4. The SMILES string of the molecule is CCCCn1c(-c2ccccc2C)nc(-c2ccc(C)cc2)c1CN(CCC(C)(C)C)Cc1ccc(C(=O)O)cc1. The van der Waals surface area contributed by atoms with Gasteiger partial charge < -0.3 is 9.67 Å². The highest BCUT2D eigenvalue weighted by molar-refractivity contribution is 5.87. The van der Waals surface area contributed by atoms with E-state index in [0.29, 0.717) is 5.56 Å². The smallest absolute Gasteiger partial charge is 0.335 e. The molecule has 3 aromatic carbocycles. The van der Waals surface area contributed by atoms with Gasteiger partial charge in [-0.05, 0) is 61.9 Å². The summed E-state index contributed by atoms with van der Waals surface area (Å²) in [4.78, 5) is 19.3. The zero-order valence-electron chi connectivity index (χ0n) is 25.6. The fourth-order valence-corrected chi connectivity index (χ4v) is 5.11. The Morgan fingerprint density at radius 1 is 0.927 bits per heavy atom. The number of unbranched alkanes of at least 4 members (excludes halogenated alkanes) is 1. The van der Waals surface area contributed by atoms with Gasteiger partial charge in [-0.25, -0.2) is 9.78 Å². The molecule has 0 fully saturated rings. The largest absolute Gasteiger partial charge is 0.478 e. The van der Waals surface area contributed by atoms with Crippen LogP contribution >= 0.6 is 0 Å². The van der Waals surface area contributed by atoms with Crippen molar-refractivity contribution in [3.63, 3.8) is 0 Å². The summed E-state index contributed by atoms with van der Waals surface area (Å²) in [6, 6.07) is 24.6. The number of aromatic carboxylic acids is 1. The van der Waals surface area contributed by atoms with E-state index in [-0.39, 0.29) is 5.41 Å². The lowest BCUT2D eigenvalue weighted by Crippen LogP contribution is -2.28. The van der Waals surface area contributed by atoms with Gasteiger partial charge in [0.15, 0.2) is 0 Å². The Bertz CT molecular complexity index is 1440. The molecule has 216 valence electrons. The van der Waals surface area contributed by atoms with Crippen molar-refractivity contribution >= 4 is 5.97 Å². The summed E-state index contributed by atoms with van der Waals surface area (Å²) >= 11 is 0. The Balaban J connectivity index is 1.82. The van der Waals surface area contributed by atoms with Crippen LogP contribution in [0.15, 0.2) is 72.8 Å². The van der Waals surface area contributed by atoms with E-state index >= 15 is 0 Å². The standard InChI is InChI=1S/C36H45N3O2/c1-7-8-22-39-32(25-38(23-21-36(4,5)6)24-28-15-19-30(20-16-28)35(40)41)33(29-17-13-26(2)14-18-29)37-34(39)31-12-10-9-11-27(31)3/h9-20H,7-8,21-25H2,1-6H3,(H,40,41). The second kappa shape index (κ2) is 13.3. The second-order valence-corrected chi connectivity index (χ2v) is 12.4. The van der Waals surface area contributed by atoms with Gasteiger partial charge in [-0.1, -0.05) is 100 Å². The molecule has 0 amide bonds. The third-order valence-corrected chi connectivity index (χ3v) is 7.68. The molecule has 5 nitrogen and oxygen atoms in total. The molecule has 5 heteroatoms. The number of aromatic nitrogens is 2. The van der Waals surface area contributed by atoms with Crippen LogP contribution in [0.5, 0.6) is 0 Å². The van der Waals surface area contributed by atoms with Gasteiger partial charge in [-0.2, -0.15) is 0 Å². The third-order valence-electron chi connectivity index (χ3n) is 7.68. The van der Waals surface area contributed by atoms with E-state index in [9.17, 15) is 9.90 Å². The van der Waals surface area contributed by atoms with E-state index in [1.165, 1.54) is 22.4 Å². The lowest BCUT2D eigenvalue weighted by Gasteiger charge is -2.28. The lowest BCUT2D eigenvalue weighted by molar-refractivity contribution is 0.0697. The number of hydrogen-bond acceptors (Lipinski definition) is 3. The monoisotopic (exact) mass is 551 g/mol. The summed E-state index contributed by atoms with van der Waals surface area (Å²) in [5.41, 5.74) is 8.66. The summed E-state index contributed by atoms with van der Waals surface area (Å²) in [7, 11) is 0. The van der Waals surface area contributed by atoms with Gasteiger partial charge in [0.05, 0.1) is 17.0 Å². The minimum atomic E-state index is -0.896. The first kappa shape index (κ1) is 30.3. The summed E-state index contributed by atoms with van der Waals surface area (Å²) in [6.07, 6.45) is 3.23. The van der Waals surface area contributed by atoms with E-state index in [1.54, 1.807) is 12.1 Å². The minimum absolute atomic E-state index is 0.194. The Morgan fingerprint density at radius 3 is 2.22 bits per heavy atom. The summed E-state index contributed by atoms with van der Waals surface area (Å²) < 4.78 is 2.46. The van der Waals surface area contributed by atoms with Crippen molar-refractivity contribution in [1.82, 2.24) is 14.5 Å². The number of imidazole rings is 1. The zero-order chi connectivity index (χ0) is 29.6. The van der Waals surface area contributed by atoms with Gasteiger partial charge in [-0.15, -0.1) is 0 Å². The molecular formula is C36H45N3O2. The van der Waals surface area contributed by atoms with E-state index in [0.717, 1.165) is 68.1 Å². The highest BCUT2D eigenvalue weighted by Crippen LogP contribution is 2.33. The van der Waals surface area contributed by atoms with Crippen LogP contribution in [-0.2, 0) is 19.6 Å². The molecule has 4 aromatic rings. The fourth-order valence-electron chi connectivity index (χ4n) is 5.11. The van der Waals surface area contributed by atoms with Gasteiger partial charge in [0, 0.05) is 30.8 Å². The van der Waals surface area contributed by atoms with Crippen LogP contribution < -0.4 is 0 Å². The summed E-state index contributed by atoms with van der Waals surface area (Å²) in [5, 5.41) is 9.38. The van der Waals surface area contributed by atoms with E-state index < -0.39 is 5.97 Å².